The van der Waals surface area contributed by atoms with Crippen LogP contribution in [0.25, 0.3) is 0 Å². The van der Waals surface area contributed by atoms with E-state index in [1.807, 2.05) is 0 Å². The molecule has 1 fully saturated rings. The summed E-state index contributed by atoms with van der Waals surface area (Å²) in [5.74, 6) is -1.09. The van der Waals surface area contributed by atoms with Gasteiger partial charge in [-0.15, -0.1) is 0 Å². The maximum absolute atomic E-state index is 13.3. The molecule has 5 nitrogen and oxygen atoms in total. The molecule has 2 heterocycles. The summed E-state index contributed by atoms with van der Waals surface area (Å²) in [7, 11) is 0. The average Bonchev–Trinajstić information content (AvgIpc) is 2.86. The molecule has 25 heavy (non-hydrogen) atoms. The van der Waals surface area contributed by atoms with Crippen molar-refractivity contribution in [1.82, 2.24) is 4.90 Å². The van der Waals surface area contributed by atoms with Crippen LogP contribution in [-0.4, -0.2) is 33.8 Å². The number of carbonyl (C=O) groups excluding carboxylic acids is 2. The minimum absolute atomic E-state index is 0.0570. The fraction of sp³-hybridized carbons (Fsp3) is 0.278. The van der Waals surface area contributed by atoms with Crippen molar-refractivity contribution in [3.63, 3.8) is 0 Å². The van der Waals surface area contributed by atoms with E-state index in [0.29, 0.717) is 16.4 Å². The molecule has 3 rings (SSSR count). The van der Waals surface area contributed by atoms with E-state index in [9.17, 15) is 14.0 Å². The van der Waals surface area contributed by atoms with Gasteiger partial charge in [0.25, 0.3) is 0 Å². The predicted molar refractivity (Wildman–Crippen MR) is 94.3 cm³/mol. The van der Waals surface area contributed by atoms with Crippen molar-refractivity contribution in [1.29, 1.82) is 0 Å². The number of aliphatic imine (C=N–C) groups is 1. The lowest BCUT2D eigenvalue weighted by Crippen LogP contribution is -2.40. The van der Waals surface area contributed by atoms with Crippen LogP contribution in [0.4, 0.5) is 4.39 Å². The van der Waals surface area contributed by atoms with Crippen LogP contribution in [-0.2, 0) is 14.3 Å². The van der Waals surface area contributed by atoms with Gasteiger partial charge in [0, 0.05) is 0 Å². The summed E-state index contributed by atoms with van der Waals surface area (Å²) >= 11 is 1.34. The molecule has 7 heteroatoms. The molecule has 1 amide bonds. The molecule has 0 unspecified atom stereocenters. The van der Waals surface area contributed by atoms with Gasteiger partial charge in [0.1, 0.15) is 12.4 Å². The van der Waals surface area contributed by atoms with E-state index in [1.54, 1.807) is 26.0 Å². The highest BCUT2D eigenvalue weighted by atomic mass is 32.2. The number of rotatable bonds is 4. The third kappa shape index (κ3) is 3.11. The molecule has 2 aliphatic heterocycles. The molecule has 130 valence electrons. The molecule has 0 radical (unpaired) electrons. The second-order valence-corrected chi connectivity index (χ2v) is 7.01. The van der Waals surface area contributed by atoms with Crippen LogP contribution in [0.1, 0.15) is 25.5 Å². The summed E-state index contributed by atoms with van der Waals surface area (Å²) in [4.78, 5) is 31.1. The molecular formula is C18H17FN2O3S. The predicted octanol–water partition coefficient (Wildman–Crippen LogP) is 3.20. The topological polar surface area (TPSA) is 59.0 Å². The zero-order chi connectivity index (χ0) is 18.1. The standard InChI is InChI=1S/C18H17FN2O3S/c1-4-9-24-17(23)14-10(2)20-18-21(16(22)11(3)25-18)15(14)12-5-7-13(19)8-6-12/h4-8,11,15H,1,9H2,2-3H3/t11-,15-/m0/s1. The molecule has 0 aliphatic carbocycles. The van der Waals surface area contributed by atoms with Crippen LogP contribution in [0.5, 0.6) is 0 Å². The van der Waals surface area contributed by atoms with Crippen molar-refractivity contribution in [2.45, 2.75) is 25.1 Å². The first-order valence-corrected chi connectivity index (χ1v) is 8.64. The molecule has 0 saturated carbocycles. The van der Waals surface area contributed by atoms with Gasteiger partial charge in [0.15, 0.2) is 5.17 Å². The number of halogens is 1. The molecule has 1 aromatic rings. The first-order chi connectivity index (χ1) is 11.9. The number of carbonyl (C=O) groups is 2. The number of benzene rings is 1. The Morgan fingerprint density at radius 2 is 2.12 bits per heavy atom. The zero-order valence-electron chi connectivity index (χ0n) is 13.9. The first kappa shape index (κ1) is 17.4. The van der Waals surface area contributed by atoms with Crippen molar-refractivity contribution >= 4 is 28.8 Å². The van der Waals surface area contributed by atoms with Crippen molar-refractivity contribution in [3.8, 4) is 0 Å². The highest BCUT2D eigenvalue weighted by Crippen LogP contribution is 2.43. The molecule has 2 aliphatic rings. The maximum Gasteiger partial charge on any atom is 0.338 e. The molecule has 1 saturated heterocycles. The third-order valence-electron chi connectivity index (χ3n) is 4.00. The number of allylic oxidation sites excluding steroid dienone is 1. The maximum atomic E-state index is 13.3. The average molecular weight is 360 g/mol. The number of fused-ring (bicyclic) bond motifs is 1. The Morgan fingerprint density at radius 1 is 1.44 bits per heavy atom. The Balaban J connectivity index is 2.11. The van der Waals surface area contributed by atoms with Gasteiger partial charge < -0.3 is 4.74 Å². The van der Waals surface area contributed by atoms with E-state index in [0.717, 1.165) is 0 Å². The largest absolute Gasteiger partial charge is 0.458 e. The quantitative estimate of drug-likeness (QED) is 0.611. The van der Waals surface area contributed by atoms with E-state index < -0.39 is 12.0 Å². The van der Waals surface area contributed by atoms with Crippen LogP contribution in [0.2, 0.25) is 0 Å². The van der Waals surface area contributed by atoms with Gasteiger partial charge >= 0.3 is 5.97 Å². The first-order valence-electron chi connectivity index (χ1n) is 7.76. The number of amidine groups is 1. The third-order valence-corrected chi connectivity index (χ3v) is 5.05. The summed E-state index contributed by atoms with van der Waals surface area (Å²) in [6.45, 7) is 7.09. The van der Waals surface area contributed by atoms with Gasteiger partial charge in [-0.2, -0.15) is 0 Å². The Morgan fingerprint density at radius 3 is 2.76 bits per heavy atom. The van der Waals surface area contributed by atoms with Gasteiger partial charge in [-0.05, 0) is 31.5 Å². The number of hydrogen-bond donors (Lipinski definition) is 0. The van der Waals surface area contributed by atoms with Gasteiger partial charge in [-0.25, -0.2) is 14.2 Å². The monoisotopic (exact) mass is 360 g/mol. The summed E-state index contributed by atoms with van der Waals surface area (Å²) in [5, 5.41) is 0.252. The van der Waals surface area contributed by atoms with Crippen molar-refractivity contribution < 1.29 is 18.7 Å². The smallest absolute Gasteiger partial charge is 0.338 e. The van der Waals surface area contributed by atoms with Crippen LogP contribution < -0.4 is 0 Å². The van der Waals surface area contributed by atoms with Gasteiger partial charge in [-0.1, -0.05) is 36.5 Å². The number of esters is 1. The number of amides is 1. The minimum atomic E-state index is -0.685. The highest BCUT2D eigenvalue weighted by Gasteiger charge is 2.46. The summed E-state index contributed by atoms with van der Waals surface area (Å²) in [5.41, 5.74) is 1.39. The van der Waals surface area contributed by atoms with E-state index in [1.165, 1.54) is 34.9 Å². The van der Waals surface area contributed by atoms with E-state index >= 15 is 0 Å². The number of nitrogens with zero attached hydrogens (tertiary/aromatic N) is 2. The second-order valence-electron chi connectivity index (χ2n) is 5.70. The Kier molecular flexibility index (Phi) is 4.76. The lowest BCUT2D eigenvalue weighted by molar-refractivity contribution is -0.139. The van der Waals surface area contributed by atoms with Crippen LogP contribution in [0.3, 0.4) is 0 Å². The van der Waals surface area contributed by atoms with Gasteiger partial charge in [0.05, 0.1) is 22.6 Å². The van der Waals surface area contributed by atoms with E-state index in [2.05, 4.69) is 11.6 Å². The normalized spacial score (nSPS) is 22.6. The number of ether oxygens (including phenoxy) is 1. The van der Waals surface area contributed by atoms with Crippen molar-refractivity contribution in [3.05, 3.63) is 59.6 Å². The zero-order valence-corrected chi connectivity index (χ0v) is 14.7. The van der Waals surface area contributed by atoms with Crippen LogP contribution >= 0.6 is 11.8 Å². The molecule has 0 aromatic heterocycles. The summed E-state index contributed by atoms with van der Waals surface area (Å²) in [6.07, 6.45) is 1.47. The molecule has 0 spiro atoms. The van der Waals surface area contributed by atoms with Crippen molar-refractivity contribution in [2.75, 3.05) is 6.61 Å². The molecular weight excluding hydrogens is 343 g/mol. The number of hydrogen-bond acceptors (Lipinski definition) is 5. The number of thioether (sulfide) groups is 1. The van der Waals surface area contributed by atoms with E-state index in [-0.39, 0.29) is 29.2 Å². The minimum Gasteiger partial charge on any atom is -0.458 e. The summed E-state index contributed by atoms with van der Waals surface area (Å²) in [6, 6.07) is 5.06. The fourth-order valence-corrected chi connectivity index (χ4v) is 3.87. The second kappa shape index (κ2) is 6.84. The Bertz CT molecular complexity index is 801. The van der Waals surface area contributed by atoms with Gasteiger partial charge in [-0.3, -0.25) is 9.69 Å². The molecule has 2 atom stereocenters. The molecule has 0 bridgehead atoms. The van der Waals surface area contributed by atoms with Crippen LogP contribution in [0, 0.1) is 5.82 Å². The Labute approximate surface area is 149 Å². The molecule has 1 aromatic carbocycles. The lowest BCUT2D eigenvalue weighted by atomic mass is 9.94. The fourth-order valence-electron chi connectivity index (χ4n) is 2.84. The summed E-state index contributed by atoms with van der Waals surface area (Å²) < 4.78 is 18.5. The van der Waals surface area contributed by atoms with Crippen molar-refractivity contribution in [2.24, 2.45) is 4.99 Å². The molecule has 0 N–H and O–H groups in total. The van der Waals surface area contributed by atoms with Gasteiger partial charge in [0.2, 0.25) is 5.91 Å². The van der Waals surface area contributed by atoms with Crippen LogP contribution in [0.15, 0.2) is 53.2 Å². The SMILES string of the molecule is C=CCOC(=O)C1=C(C)N=C2S[C@@H](C)C(=O)N2[C@H]1c1ccc(F)cc1. The van der Waals surface area contributed by atoms with E-state index in [4.69, 9.17) is 4.74 Å². The highest BCUT2D eigenvalue weighted by molar-refractivity contribution is 8.15. The lowest BCUT2D eigenvalue weighted by Gasteiger charge is -2.33. The Hall–Kier alpha value is -2.41.